The maximum atomic E-state index is 11.8. The van der Waals surface area contributed by atoms with Crippen molar-refractivity contribution in [3.8, 4) is 0 Å². The lowest BCUT2D eigenvalue weighted by Gasteiger charge is -2.10. The van der Waals surface area contributed by atoms with E-state index in [9.17, 15) is 8.42 Å². The fraction of sp³-hybridized carbons (Fsp3) is 0.273. The monoisotopic (exact) mass is 266 g/mol. The van der Waals surface area contributed by atoms with Crippen LogP contribution in [-0.2, 0) is 16.6 Å². The van der Waals surface area contributed by atoms with Gasteiger partial charge in [0.05, 0.1) is 5.69 Å². The van der Waals surface area contributed by atoms with Gasteiger partial charge < -0.3 is 0 Å². The number of aromatic nitrogens is 3. The average molecular weight is 266 g/mol. The molecule has 0 aliphatic carbocycles. The molecule has 7 heteroatoms. The second-order valence-corrected chi connectivity index (χ2v) is 6.06. The van der Waals surface area contributed by atoms with Crippen LogP contribution in [0.1, 0.15) is 11.3 Å². The summed E-state index contributed by atoms with van der Waals surface area (Å²) in [5, 5.41) is 0. The highest BCUT2D eigenvalue weighted by Gasteiger charge is 2.16. The van der Waals surface area contributed by atoms with Crippen molar-refractivity contribution in [3.05, 3.63) is 48.3 Å². The lowest BCUT2D eigenvalue weighted by Crippen LogP contribution is -2.27. The summed E-state index contributed by atoms with van der Waals surface area (Å²) in [5.41, 5.74) is 1.74. The molecular formula is C11H14N4O2S. The molecule has 96 valence electrons. The fourth-order valence-electron chi connectivity index (χ4n) is 1.46. The third-order valence-corrected chi connectivity index (χ3v) is 4.13. The van der Waals surface area contributed by atoms with Gasteiger partial charge in [0.2, 0.25) is 0 Å². The molecule has 0 radical (unpaired) electrons. The SMILES string of the molecule is CN(C)S(=O)(=O)n1cnc(Cc2ccncc2)c1. The third-order valence-electron chi connectivity index (χ3n) is 2.48. The number of hydrogen-bond acceptors (Lipinski definition) is 4. The summed E-state index contributed by atoms with van der Waals surface area (Å²) in [6.45, 7) is 0. The van der Waals surface area contributed by atoms with E-state index in [2.05, 4.69) is 9.97 Å². The highest BCUT2D eigenvalue weighted by molar-refractivity contribution is 7.87. The molecule has 0 saturated carbocycles. The molecule has 0 spiro atoms. The Morgan fingerprint density at radius 1 is 1.28 bits per heavy atom. The molecule has 2 rings (SSSR count). The van der Waals surface area contributed by atoms with Gasteiger partial charge in [0.1, 0.15) is 6.33 Å². The minimum Gasteiger partial charge on any atom is -0.265 e. The zero-order chi connectivity index (χ0) is 13.2. The van der Waals surface area contributed by atoms with E-state index in [1.54, 1.807) is 12.4 Å². The predicted octanol–water partition coefficient (Wildman–Crippen LogP) is 0.523. The van der Waals surface area contributed by atoms with Crippen molar-refractivity contribution in [1.82, 2.24) is 18.2 Å². The Balaban J connectivity index is 2.22. The molecule has 0 amide bonds. The first kappa shape index (κ1) is 12.7. The maximum absolute atomic E-state index is 11.8. The van der Waals surface area contributed by atoms with Crippen LogP contribution in [0.15, 0.2) is 37.1 Å². The normalized spacial score (nSPS) is 11.9. The maximum Gasteiger partial charge on any atom is 0.308 e. The quantitative estimate of drug-likeness (QED) is 0.809. The molecule has 0 bridgehead atoms. The molecule has 6 nitrogen and oxygen atoms in total. The van der Waals surface area contributed by atoms with Crippen molar-refractivity contribution in [2.75, 3.05) is 14.1 Å². The van der Waals surface area contributed by atoms with Crippen LogP contribution in [-0.4, -0.2) is 40.8 Å². The zero-order valence-electron chi connectivity index (χ0n) is 10.2. The van der Waals surface area contributed by atoms with Crippen molar-refractivity contribution < 1.29 is 8.42 Å². The van der Waals surface area contributed by atoms with E-state index in [0.717, 1.165) is 13.8 Å². The Kier molecular flexibility index (Phi) is 3.44. The average Bonchev–Trinajstić information content (AvgIpc) is 2.79. The number of pyridine rings is 1. The molecule has 18 heavy (non-hydrogen) atoms. The molecule has 2 heterocycles. The van der Waals surface area contributed by atoms with Gasteiger partial charge in [-0.05, 0) is 17.7 Å². The van der Waals surface area contributed by atoms with Crippen molar-refractivity contribution in [2.24, 2.45) is 0 Å². The number of rotatable bonds is 4. The van der Waals surface area contributed by atoms with E-state index in [1.165, 1.54) is 26.6 Å². The fourth-order valence-corrected chi connectivity index (χ4v) is 2.26. The summed E-state index contributed by atoms with van der Waals surface area (Å²) in [6.07, 6.45) is 6.81. The summed E-state index contributed by atoms with van der Waals surface area (Å²) in [4.78, 5) is 8.02. The molecule has 0 aliphatic rings. The third kappa shape index (κ3) is 2.57. The Morgan fingerprint density at radius 3 is 2.56 bits per heavy atom. The van der Waals surface area contributed by atoms with Gasteiger partial charge >= 0.3 is 10.2 Å². The molecule has 0 aromatic carbocycles. The van der Waals surface area contributed by atoms with Gasteiger partial charge in [0.15, 0.2) is 0 Å². The molecule has 0 aliphatic heterocycles. The first-order chi connectivity index (χ1) is 8.50. The molecule has 0 saturated heterocycles. The second-order valence-electron chi connectivity index (χ2n) is 4.02. The first-order valence-corrected chi connectivity index (χ1v) is 6.74. The number of imidazole rings is 1. The van der Waals surface area contributed by atoms with Gasteiger partial charge in [-0.15, -0.1) is 0 Å². The van der Waals surface area contributed by atoms with Gasteiger partial charge in [-0.2, -0.15) is 12.7 Å². The van der Waals surface area contributed by atoms with E-state index in [1.807, 2.05) is 12.1 Å². The standard InChI is InChI=1S/C11H14N4O2S/c1-14(2)18(16,17)15-8-11(13-9-15)7-10-3-5-12-6-4-10/h3-6,8-9H,7H2,1-2H3. The smallest absolute Gasteiger partial charge is 0.265 e. The van der Waals surface area contributed by atoms with Crippen LogP contribution in [0.2, 0.25) is 0 Å². The molecule has 2 aromatic heterocycles. The number of hydrogen-bond donors (Lipinski definition) is 0. The summed E-state index contributed by atoms with van der Waals surface area (Å²) < 4.78 is 25.9. The minimum atomic E-state index is -3.47. The minimum absolute atomic E-state index is 0.582. The van der Waals surface area contributed by atoms with Crippen molar-refractivity contribution in [1.29, 1.82) is 0 Å². The van der Waals surface area contributed by atoms with E-state index in [0.29, 0.717) is 12.1 Å². The van der Waals surface area contributed by atoms with Crippen LogP contribution in [0.25, 0.3) is 0 Å². The Bertz CT molecular complexity index is 620. The summed E-state index contributed by atoms with van der Waals surface area (Å²) in [5.74, 6) is 0. The van der Waals surface area contributed by atoms with Crippen LogP contribution < -0.4 is 0 Å². The molecular weight excluding hydrogens is 252 g/mol. The van der Waals surface area contributed by atoms with Crippen molar-refractivity contribution in [2.45, 2.75) is 6.42 Å². The van der Waals surface area contributed by atoms with E-state index in [-0.39, 0.29) is 0 Å². The Hall–Kier alpha value is -1.73. The molecule has 0 atom stereocenters. The van der Waals surface area contributed by atoms with Crippen molar-refractivity contribution >= 4 is 10.2 Å². The van der Waals surface area contributed by atoms with E-state index >= 15 is 0 Å². The molecule has 0 unspecified atom stereocenters. The zero-order valence-corrected chi connectivity index (χ0v) is 11.0. The Morgan fingerprint density at radius 2 is 1.94 bits per heavy atom. The van der Waals surface area contributed by atoms with Crippen LogP contribution in [0.3, 0.4) is 0 Å². The molecule has 0 fully saturated rings. The van der Waals surface area contributed by atoms with E-state index in [4.69, 9.17) is 0 Å². The van der Waals surface area contributed by atoms with Gasteiger partial charge in [-0.3, -0.25) is 4.98 Å². The van der Waals surface area contributed by atoms with Gasteiger partial charge in [0, 0.05) is 39.1 Å². The van der Waals surface area contributed by atoms with Gasteiger partial charge in [-0.25, -0.2) is 8.96 Å². The van der Waals surface area contributed by atoms with E-state index < -0.39 is 10.2 Å². The lowest BCUT2D eigenvalue weighted by molar-refractivity contribution is 0.510. The summed E-state index contributed by atoms with van der Waals surface area (Å²) in [6, 6.07) is 3.75. The second kappa shape index (κ2) is 4.87. The largest absolute Gasteiger partial charge is 0.308 e. The van der Waals surface area contributed by atoms with Gasteiger partial charge in [0.25, 0.3) is 0 Å². The lowest BCUT2D eigenvalue weighted by atomic mass is 10.2. The Labute approximate surface area is 106 Å². The first-order valence-electron chi connectivity index (χ1n) is 5.35. The van der Waals surface area contributed by atoms with Gasteiger partial charge in [-0.1, -0.05) is 0 Å². The predicted molar refractivity (Wildman–Crippen MR) is 67.3 cm³/mol. The molecule has 0 N–H and O–H groups in total. The van der Waals surface area contributed by atoms with Crippen LogP contribution in [0, 0.1) is 0 Å². The highest BCUT2D eigenvalue weighted by Crippen LogP contribution is 2.08. The van der Waals surface area contributed by atoms with Crippen LogP contribution in [0.5, 0.6) is 0 Å². The summed E-state index contributed by atoms with van der Waals surface area (Å²) >= 11 is 0. The highest BCUT2D eigenvalue weighted by atomic mass is 32.2. The number of nitrogens with zero attached hydrogens (tertiary/aromatic N) is 4. The topological polar surface area (TPSA) is 68.1 Å². The van der Waals surface area contributed by atoms with Crippen molar-refractivity contribution in [3.63, 3.8) is 0 Å². The molecule has 2 aromatic rings. The van der Waals surface area contributed by atoms with Crippen LogP contribution in [0.4, 0.5) is 0 Å². The van der Waals surface area contributed by atoms with Crippen LogP contribution >= 0.6 is 0 Å². The summed E-state index contributed by atoms with van der Waals surface area (Å²) in [7, 11) is -0.505.